The highest BCUT2D eigenvalue weighted by molar-refractivity contribution is 5.84. The lowest BCUT2D eigenvalue weighted by Gasteiger charge is -2.14. The Morgan fingerprint density at radius 2 is 1.50 bits per heavy atom. The molecule has 0 spiro atoms. The maximum absolute atomic E-state index is 13.3. The van der Waals surface area contributed by atoms with Gasteiger partial charge >= 0.3 is 5.97 Å². The van der Waals surface area contributed by atoms with Crippen LogP contribution in [0.3, 0.4) is 0 Å². The number of halogens is 1. The Bertz CT molecular complexity index is 935. The molecule has 3 nitrogen and oxygen atoms in total. The summed E-state index contributed by atoms with van der Waals surface area (Å²) in [5.74, 6) is -0.674. The number of benzene rings is 3. The van der Waals surface area contributed by atoms with Gasteiger partial charge in [-0.15, -0.1) is 0 Å². The summed E-state index contributed by atoms with van der Waals surface area (Å²) in [7, 11) is 1.35. The van der Waals surface area contributed by atoms with Crippen LogP contribution in [0.15, 0.2) is 72.8 Å². The molecule has 2 atom stereocenters. The van der Waals surface area contributed by atoms with Crippen molar-refractivity contribution in [2.75, 3.05) is 7.11 Å². The van der Waals surface area contributed by atoms with Crippen LogP contribution >= 0.6 is 0 Å². The Hall–Kier alpha value is -2.98. The van der Waals surface area contributed by atoms with Gasteiger partial charge < -0.3 is 9.47 Å². The molecule has 1 saturated heterocycles. The zero-order chi connectivity index (χ0) is 18.1. The zero-order valence-electron chi connectivity index (χ0n) is 14.2. The molecule has 130 valence electrons. The molecular weight excluding hydrogens is 331 g/mol. The highest BCUT2D eigenvalue weighted by Crippen LogP contribution is 2.48. The molecule has 0 amide bonds. The molecule has 1 fully saturated rings. The van der Waals surface area contributed by atoms with E-state index in [1.54, 1.807) is 12.1 Å². The van der Waals surface area contributed by atoms with Crippen molar-refractivity contribution in [1.29, 1.82) is 0 Å². The van der Waals surface area contributed by atoms with E-state index in [2.05, 4.69) is 0 Å². The van der Waals surface area contributed by atoms with Crippen LogP contribution in [0.5, 0.6) is 0 Å². The van der Waals surface area contributed by atoms with Crippen molar-refractivity contribution in [3.8, 4) is 22.3 Å². The molecule has 0 aromatic heterocycles. The lowest BCUT2D eigenvalue weighted by Crippen LogP contribution is -2.10. The largest absolute Gasteiger partial charge is 0.467 e. The van der Waals surface area contributed by atoms with E-state index in [9.17, 15) is 9.18 Å². The fourth-order valence-electron chi connectivity index (χ4n) is 3.25. The smallest absolute Gasteiger partial charge is 0.338 e. The molecule has 0 saturated carbocycles. The highest BCUT2D eigenvalue weighted by Gasteiger charge is 2.49. The molecule has 0 N–H and O–H groups in total. The van der Waals surface area contributed by atoms with Crippen LogP contribution in [0, 0.1) is 5.82 Å². The predicted octanol–water partition coefficient (Wildman–Crippen LogP) is 4.77. The van der Waals surface area contributed by atoms with Crippen LogP contribution in [0.4, 0.5) is 4.39 Å². The van der Waals surface area contributed by atoms with Gasteiger partial charge in [-0.2, -0.15) is 0 Å². The topological polar surface area (TPSA) is 38.8 Å². The number of epoxide rings is 1. The maximum atomic E-state index is 13.3. The minimum Gasteiger partial charge on any atom is -0.467 e. The lowest BCUT2D eigenvalue weighted by molar-refractivity contribution is -0.142. The van der Waals surface area contributed by atoms with Gasteiger partial charge in [0.1, 0.15) is 11.9 Å². The van der Waals surface area contributed by atoms with Crippen molar-refractivity contribution in [2.45, 2.75) is 12.2 Å². The van der Waals surface area contributed by atoms with E-state index in [-0.39, 0.29) is 17.9 Å². The fraction of sp³-hybridized carbons (Fsp3) is 0.136. The fourth-order valence-corrected chi connectivity index (χ4v) is 3.25. The highest BCUT2D eigenvalue weighted by atomic mass is 19.1. The number of carbonyl (C=O) groups excluding carboxylic acids is 1. The van der Waals surface area contributed by atoms with Crippen molar-refractivity contribution in [3.63, 3.8) is 0 Å². The summed E-state index contributed by atoms with van der Waals surface area (Å²) in [5.41, 5.74) is 4.73. The van der Waals surface area contributed by atoms with Crippen molar-refractivity contribution >= 4 is 5.97 Å². The van der Waals surface area contributed by atoms with E-state index in [0.717, 1.165) is 27.8 Å². The summed E-state index contributed by atoms with van der Waals surface area (Å²) in [6.07, 6.45) is -0.983. The second kappa shape index (κ2) is 6.73. The Balaban J connectivity index is 1.87. The van der Waals surface area contributed by atoms with E-state index in [1.165, 1.54) is 19.2 Å². The van der Waals surface area contributed by atoms with E-state index in [4.69, 9.17) is 9.47 Å². The monoisotopic (exact) mass is 348 g/mol. The van der Waals surface area contributed by atoms with Crippen LogP contribution in [0.1, 0.15) is 11.7 Å². The van der Waals surface area contributed by atoms with Crippen LogP contribution in [-0.4, -0.2) is 19.2 Å². The molecule has 0 bridgehead atoms. The predicted molar refractivity (Wildman–Crippen MR) is 96.9 cm³/mol. The lowest BCUT2D eigenvalue weighted by atomic mass is 9.89. The number of hydrogen-bond donors (Lipinski definition) is 0. The molecule has 0 radical (unpaired) electrons. The van der Waals surface area contributed by atoms with Gasteiger partial charge in [0, 0.05) is 0 Å². The summed E-state index contributed by atoms with van der Waals surface area (Å²) in [4.78, 5) is 11.9. The van der Waals surface area contributed by atoms with Gasteiger partial charge in [-0.25, -0.2) is 9.18 Å². The zero-order valence-corrected chi connectivity index (χ0v) is 14.2. The molecular formula is C22H17FO3. The standard InChI is InChI=1S/C22H17FO3/c1-25-22(24)21-20(26-21)19-17(14-6-3-2-4-7-14)8-5-9-18(19)15-10-12-16(23)13-11-15/h2-13,20-21H,1H3. The second-order valence-corrected chi connectivity index (χ2v) is 6.14. The average Bonchev–Trinajstić information content (AvgIpc) is 3.48. The Morgan fingerprint density at radius 3 is 2.12 bits per heavy atom. The van der Waals surface area contributed by atoms with Crippen molar-refractivity contribution in [2.24, 2.45) is 0 Å². The number of hydrogen-bond acceptors (Lipinski definition) is 3. The molecule has 1 aliphatic heterocycles. The second-order valence-electron chi connectivity index (χ2n) is 6.14. The van der Waals surface area contributed by atoms with Gasteiger partial charge in [0.2, 0.25) is 0 Å². The molecule has 2 unspecified atom stereocenters. The normalized spacial score (nSPS) is 18.4. The number of methoxy groups -OCH3 is 1. The molecule has 3 aromatic carbocycles. The van der Waals surface area contributed by atoms with Crippen molar-refractivity contribution < 1.29 is 18.7 Å². The molecule has 4 heteroatoms. The van der Waals surface area contributed by atoms with Gasteiger partial charge in [-0.05, 0) is 39.9 Å². The minimum atomic E-state index is -0.607. The summed E-state index contributed by atoms with van der Waals surface area (Å²) in [6, 6.07) is 22.2. The minimum absolute atomic E-state index is 0.287. The number of esters is 1. The molecule has 0 aliphatic carbocycles. The summed E-state index contributed by atoms with van der Waals surface area (Å²) >= 11 is 0. The maximum Gasteiger partial charge on any atom is 0.338 e. The Morgan fingerprint density at radius 1 is 0.885 bits per heavy atom. The first-order chi connectivity index (χ1) is 12.7. The number of carbonyl (C=O) groups is 1. The molecule has 3 aromatic rings. The third-order valence-corrected chi connectivity index (χ3v) is 4.56. The average molecular weight is 348 g/mol. The number of ether oxygens (including phenoxy) is 2. The van der Waals surface area contributed by atoms with E-state index in [1.807, 2.05) is 48.5 Å². The van der Waals surface area contributed by atoms with Gasteiger partial charge in [0.15, 0.2) is 6.10 Å². The quantitative estimate of drug-likeness (QED) is 0.503. The first kappa shape index (κ1) is 16.5. The Kier molecular flexibility index (Phi) is 4.27. The molecule has 1 aliphatic rings. The van der Waals surface area contributed by atoms with Gasteiger partial charge in [-0.3, -0.25) is 0 Å². The number of rotatable bonds is 4. The molecule has 1 heterocycles. The van der Waals surface area contributed by atoms with Gasteiger partial charge in [0.05, 0.1) is 7.11 Å². The van der Waals surface area contributed by atoms with E-state index >= 15 is 0 Å². The first-order valence-electron chi connectivity index (χ1n) is 8.36. The molecule has 26 heavy (non-hydrogen) atoms. The van der Waals surface area contributed by atoms with Crippen LogP contribution in [0.2, 0.25) is 0 Å². The molecule has 4 rings (SSSR count). The Labute approximate surface area is 151 Å². The van der Waals surface area contributed by atoms with Crippen LogP contribution in [0.25, 0.3) is 22.3 Å². The van der Waals surface area contributed by atoms with Crippen LogP contribution < -0.4 is 0 Å². The summed E-state index contributed by atoms with van der Waals surface area (Å²) < 4.78 is 23.8. The first-order valence-corrected chi connectivity index (χ1v) is 8.36. The summed E-state index contributed by atoms with van der Waals surface area (Å²) in [5, 5.41) is 0. The summed E-state index contributed by atoms with van der Waals surface area (Å²) in [6.45, 7) is 0. The van der Waals surface area contributed by atoms with Gasteiger partial charge in [-0.1, -0.05) is 60.7 Å². The SMILES string of the molecule is COC(=O)C1OC1c1c(-c2ccccc2)cccc1-c1ccc(F)cc1. The van der Waals surface area contributed by atoms with E-state index in [0.29, 0.717) is 0 Å². The third kappa shape index (κ3) is 3.00. The van der Waals surface area contributed by atoms with E-state index < -0.39 is 6.10 Å². The van der Waals surface area contributed by atoms with Crippen LogP contribution in [-0.2, 0) is 14.3 Å². The van der Waals surface area contributed by atoms with Gasteiger partial charge in [0.25, 0.3) is 0 Å². The van der Waals surface area contributed by atoms with Crippen molar-refractivity contribution in [3.05, 3.63) is 84.2 Å². The third-order valence-electron chi connectivity index (χ3n) is 4.56. The van der Waals surface area contributed by atoms with Crippen molar-refractivity contribution in [1.82, 2.24) is 0 Å².